The average Bonchev–Trinajstić information content (AvgIpc) is 2.65. The van der Waals surface area contributed by atoms with Crippen LogP contribution < -0.4 is 5.69 Å². The third kappa shape index (κ3) is 1.58. The van der Waals surface area contributed by atoms with Crippen LogP contribution in [0.25, 0.3) is 5.69 Å². The van der Waals surface area contributed by atoms with E-state index in [1.54, 1.807) is 16.4 Å². The standard InChI is InChI=1S/C9H9N3OS/c1-14-8-5-3-2-4-7(8)12-6-10-9(13)11-12/h2-6H,1H3,(H,11,13). The van der Waals surface area contributed by atoms with Gasteiger partial charge >= 0.3 is 5.69 Å². The van der Waals surface area contributed by atoms with Crippen molar-refractivity contribution >= 4 is 11.8 Å². The molecule has 4 nitrogen and oxygen atoms in total. The van der Waals surface area contributed by atoms with Crippen LogP contribution in [0.5, 0.6) is 0 Å². The van der Waals surface area contributed by atoms with E-state index in [0.717, 1.165) is 10.6 Å². The Hall–Kier alpha value is -1.49. The van der Waals surface area contributed by atoms with Gasteiger partial charge in [0.1, 0.15) is 6.33 Å². The van der Waals surface area contributed by atoms with Crippen molar-refractivity contribution in [3.8, 4) is 5.69 Å². The molecule has 2 aromatic rings. The van der Waals surface area contributed by atoms with Crippen LogP contribution in [0.3, 0.4) is 0 Å². The summed E-state index contributed by atoms with van der Waals surface area (Å²) in [4.78, 5) is 15.6. The van der Waals surface area contributed by atoms with Crippen molar-refractivity contribution in [2.75, 3.05) is 6.26 Å². The number of H-pyrrole nitrogens is 1. The minimum absolute atomic E-state index is 0.332. The van der Waals surface area contributed by atoms with Gasteiger partial charge in [-0.05, 0) is 18.4 Å². The van der Waals surface area contributed by atoms with Gasteiger partial charge in [0.05, 0.1) is 5.69 Å². The van der Waals surface area contributed by atoms with Crippen LogP contribution in [-0.4, -0.2) is 21.0 Å². The third-order valence-corrected chi connectivity index (χ3v) is 2.64. The van der Waals surface area contributed by atoms with Crippen molar-refractivity contribution < 1.29 is 0 Å². The SMILES string of the molecule is CSc1ccccc1-n1cnc(=O)[nH]1. The first kappa shape index (κ1) is 9.08. The fourth-order valence-electron chi connectivity index (χ4n) is 1.22. The molecule has 0 aliphatic rings. The summed E-state index contributed by atoms with van der Waals surface area (Å²) in [6.07, 6.45) is 3.48. The molecule has 1 N–H and O–H groups in total. The molecule has 0 spiro atoms. The molecule has 1 heterocycles. The first-order valence-electron chi connectivity index (χ1n) is 4.08. The largest absolute Gasteiger partial charge is 0.361 e. The second kappa shape index (κ2) is 3.71. The third-order valence-electron chi connectivity index (χ3n) is 1.85. The number of rotatable bonds is 2. The van der Waals surface area contributed by atoms with Gasteiger partial charge in [0, 0.05) is 4.90 Å². The van der Waals surface area contributed by atoms with E-state index in [0.29, 0.717) is 0 Å². The summed E-state index contributed by atoms with van der Waals surface area (Å²) in [5.41, 5.74) is 0.607. The number of para-hydroxylation sites is 1. The van der Waals surface area contributed by atoms with Gasteiger partial charge in [-0.2, -0.15) is 4.98 Å². The summed E-state index contributed by atoms with van der Waals surface area (Å²) in [6.45, 7) is 0. The lowest BCUT2D eigenvalue weighted by Gasteiger charge is -2.05. The highest BCUT2D eigenvalue weighted by molar-refractivity contribution is 7.98. The molecular formula is C9H9N3OS. The molecular weight excluding hydrogens is 198 g/mol. The van der Waals surface area contributed by atoms with Crippen LogP contribution in [0.1, 0.15) is 0 Å². The molecule has 0 radical (unpaired) electrons. The fourth-order valence-corrected chi connectivity index (χ4v) is 1.81. The van der Waals surface area contributed by atoms with E-state index in [1.807, 2.05) is 30.5 Å². The zero-order valence-corrected chi connectivity index (χ0v) is 8.41. The van der Waals surface area contributed by atoms with Gasteiger partial charge < -0.3 is 0 Å². The first-order chi connectivity index (χ1) is 6.81. The monoisotopic (exact) mass is 207 g/mol. The summed E-state index contributed by atoms with van der Waals surface area (Å²) in [5.74, 6) is 0. The topological polar surface area (TPSA) is 50.7 Å². The Balaban J connectivity index is 2.55. The van der Waals surface area contributed by atoms with E-state index in [2.05, 4.69) is 10.1 Å². The van der Waals surface area contributed by atoms with Crippen LogP contribution in [0.2, 0.25) is 0 Å². The van der Waals surface area contributed by atoms with Crippen molar-refractivity contribution in [1.29, 1.82) is 0 Å². The van der Waals surface area contributed by atoms with Crippen molar-refractivity contribution in [2.24, 2.45) is 0 Å². The lowest BCUT2D eigenvalue weighted by atomic mass is 10.3. The number of aromatic nitrogens is 3. The maximum atomic E-state index is 10.9. The Bertz CT molecular complexity index is 489. The summed E-state index contributed by atoms with van der Waals surface area (Å²) in [7, 11) is 0. The molecule has 72 valence electrons. The van der Waals surface area contributed by atoms with Crippen LogP contribution in [-0.2, 0) is 0 Å². The van der Waals surface area contributed by atoms with E-state index >= 15 is 0 Å². The van der Waals surface area contributed by atoms with Gasteiger partial charge in [-0.25, -0.2) is 14.6 Å². The van der Waals surface area contributed by atoms with Crippen molar-refractivity contribution in [3.63, 3.8) is 0 Å². The molecule has 14 heavy (non-hydrogen) atoms. The van der Waals surface area contributed by atoms with Crippen molar-refractivity contribution in [3.05, 3.63) is 41.1 Å². The molecule has 0 saturated carbocycles. The first-order valence-corrected chi connectivity index (χ1v) is 5.31. The number of thioether (sulfide) groups is 1. The summed E-state index contributed by atoms with van der Waals surface area (Å²) >= 11 is 1.63. The highest BCUT2D eigenvalue weighted by Crippen LogP contribution is 2.21. The van der Waals surface area contributed by atoms with Crippen molar-refractivity contribution in [2.45, 2.75) is 4.90 Å². The molecule has 0 aliphatic carbocycles. The molecule has 2 rings (SSSR count). The van der Waals surface area contributed by atoms with Gasteiger partial charge in [0.25, 0.3) is 0 Å². The zero-order chi connectivity index (χ0) is 9.97. The van der Waals surface area contributed by atoms with E-state index in [9.17, 15) is 4.79 Å². The fraction of sp³-hybridized carbons (Fsp3) is 0.111. The number of aromatic amines is 1. The minimum Gasteiger partial charge on any atom is -0.244 e. The Morgan fingerprint density at radius 3 is 2.86 bits per heavy atom. The maximum Gasteiger partial charge on any atom is 0.361 e. The quantitative estimate of drug-likeness (QED) is 0.755. The van der Waals surface area contributed by atoms with Gasteiger partial charge in [-0.15, -0.1) is 11.8 Å². The highest BCUT2D eigenvalue weighted by atomic mass is 32.2. The molecule has 0 saturated heterocycles. The lowest BCUT2D eigenvalue weighted by molar-refractivity contribution is 0.847. The van der Waals surface area contributed by atoms with Gasteiger partial charge in [0.2, 0.25) is 0 Å². The second-order valence-corrected chi connectivity index (χ2v) is 3.55. The maximum absolute atomic E-state index is 10.9. The molecule has 5 heteroatoms. The second-order valence-electron chi connectivity index (χ2n) is 2.70. The number of nitrogens with one attached hydrogen (secondary N) is 1. The molecule has 1 aromatic carbocycles. The van der Waals surface area contributed by atoms with Gasteiger partial charge in [0.15, 0.2) is 0 Å². The Morgan fingerprint density at radius 2 is 2.21 bits per heavy atom. The van der Waals surface area contributed by atoms with E-state index in [4.69, 9.17) is 0 Å². The van der Waals surface area contributed by atoms with Gasteiger partial charge in [-0.3, -0.25) is 0 Å². The minimum atomic E-state index is -0.332. The molecule has 0 unspecified atom stereocenters. The molecule has 0 fully saturated rings. The Kier molecular flexibility index (Phi) is 2.41. The summed E-state index contributed by atoms with van der Waals surface area (Å²) in [5, 5.41) is 2.60. The summed E-state index contributed by atoms with van der Waals surface area (Å²) in [6, 6.07) is 7.82. The highest BCUT2D eigenvalue weighted by Gasteiger charge is 2.02. The van der Waals surface area contributed by atoms with Crippen LogP contribution >= 0.6 is 11.8 Å². The molecule has 1 aromatic heterocycles. The zero-order valence-electron chi connectivity index (χ0n) is 7.60. The number of hydrogen-bond donors (Lipinski definition) is 1. The van der Waals surface area contributed by atoms with E-state index in [-0.39, 0.29) is 5.69 Å². The molecule has 0 atom stereocenters. The average molecular weight is 207 g/mol. The van der Waals surface area contributed by atoms with Crippen molar-refractivity contribution in [1.82, 2.24) is 14.8 Å². The van der Waals surface area contributed by atoms with Crippen LogP contribution in [0.15, 0.2) is 40.3 Å². The lowest BCUT2D eigenvalue weighted by Crippen LogP contribution is -2.05. The molecule has 0 bridgehead atoms. The molecule has 0 aliphatic heterocycles. The van der Waals surface area contributed by atoms with Gasteiger partial charge in [-0.1, -0.05) is 12.1 Å². The number of benzene rings is 1. The Labute approximate surface area is 85.0 Å². The summed E-state index contributed by atoms with van der Waals surface area (Å²) < 4.78 is 1.62. The smallest absolute Gasteiger partial charge is 0.244 e. The predicted octanol–water partition coefficient (Wildman–Crippen LogP) is 1.28. The Morgan fingerprint density at radius 1 is 1.43 bits per heavy atom. The number of hydrogen-bond acceptors (Lipinski definition) is 3. The molecule has 0 amide bonds. The van der Waals surface area contributed by atoms with E-state index < -0.39 is 0 Å². The van der Waals surface area contributed by atoms with Crippen LogP contribution in [0, 0.1) is 0 Å². The van der Waals surface area contributed by atoms with Crippen LogP contribution in [0.4, 0.5) is 0 Å². The normalized spacial score (nSPS) is 10.4. The number of nitrogens with zero attached hydrogens (tertiary/aromatic N) is 2. The van der Waals surface area contributed by atoms with E-state index in [1.165, 1.54) is 6.33 Å². The predicted molar refractivity (Wildman–Crippen MR) is 56.0 cm³/mol.